The second kappa shape index (κ2) is 10.8. The summed E-state index contributed by atoms with van der Waals surface area (Å²) in [5, 5.41) is 0. The van der Waals surface area contributed by atoms with E-state index in [9.17, 15) is 0 Å². The Balaban J connectivity index is 0.00000137. The largest absolute Gasteiger partial charge is 1.00 e. The molecule has 165 valence electrons. The van der Waals surface area contributed by atoms with Gasteiger partial charge in [0.25, 0.3) is 0 Å². The van der Waals surface area contributed by atoms with Crippen molar-refractivity contribution in [3.63, 3.8) is 0 Å². The van der Waals surface area contributed by atoms with Crippen LogP contribution < -0.4 is 24.8 Å². The van der Waals surface area contributed by atoms with Gasteiger partial charge in [-0.25, -0.2) is 0 Å². The van der Waals surface area contributed by atoms with Crippen molar-refractivity contribution < 1.29 is 43.5 Å². The minimum atomic E-state index is -0.524. The third-order valence-corrected chi connectivity index (χ3v) is 9.23. The molecular weight excluding hydrogens is 491 g/mol. The standard InChI is InChI=1S/C18H13.C13H10.2ClH.Ti/c1-2-7-13(6-1)15-10-5-11-17-16-9-4-3-8-14(16)12-18(15)17;1-3-7-12(8-4-1)11-13-9-5-2-6-10-13;;;/h1-6,8-12H,7H2;1-10H;2*1H;/q;;;;+2/p-2. The average Bonchev–Trinajstić information content (AvgIpc) is 3.51. The number of hydrogen-bond acceptors (Lipinski definition) is 0. The van der Waals surface area contributed by atoms with Crippen LogP contribution in [0.4, 0.5) is 0 Å². The van der Waals surface area contributed by atoms with Gasteiger partial charge in [-0.1, -0.05) is 0 Å². The molecule has 0 nitrogen and oxygen atoms in total. The summed E-state index contributed by atoms with van der Waals surface area (Å²) >= 11 is -0.524. The molecule has 0 spiro atoms. The number of benzene rings is 4. The van der Waals surface area contributed by atoms with E-state index in [0.29, 0.717) is 4.22 Å². The van der Waals surface area contributed by atoms with Crippen LogP contribution in [0.1, 0.15) is 38.5 Å². The summed E-state index contributed by atoms with van der Waals surface area (Å²) in [7, 11) is 0. The first kappa shape index (κ1) is 24.6. The van der Waals surface area contributed by atoms with Crippen molar-refractivity contribution in [1.29, 1.82) is 0 Å². The quantitative estimate of drug-likeness (QED) is 0.362. The van der Waals surface area contributed by atoms with E-state index >= 15 is 0 Å². The molecule has 0 heterocycles. The molecule has 4 aromatic carbocycles. The summed E-state index contributed by atoms with van der Waals surface area (Å²) in [4.78, 5) is 0. The van der Waals surface area contributed by atoms with Crippen LogP contribution in [0.3, 0.4) is 0 Å². The van der Waals surface area contributed by atoms with E-state index in [4.69, 9.17) is 0 Å². The Morgan fingerprint density at radius 2 is 1.21 bits per heavy atom. The maximum Gasteiger partial charge on any atom is -1.00 e. The minimum absolute atomic E-state index is 0. The Morgan fingerprint density at radius 1 is 0.618 bits per heavy atom. The Morgan fingerprint density at radius 3 is 1.85 bits per heavy atom. The molecule has 6 rings (SSSR count). The van der Waals surface area contributed by atoms with Gasteiger partial charge in [0.15, 0.2) is 0 Å². The van der Waals surface area contributed by atoms with Crippen molar-refractivity contribution in [2.45, 2.75) is 10.6 Å². The maximum atomic E-state index is 2.36. The molecule has 0 aromatic heterocycles. The van der Waals surface area contributed by atoms with E-state index in [1.165, 1.54) is 42.8 Å². The Labute approximate surface area is 222 Å². The molecule has 0 saturated carbocycles. The molecular formula is C31H23Cl2Ti. The van der Waals surface area contributed by atoms with Gasteiger partial charge < -0.3 is 24.8 Å². The van der Waals surface area contributed by atoms with Gasteiger partial charge in [0.1, 0.15) is 0 Å². The number of allylic oxidation sites excluding steroid dienone is 4. The summed E-state index contributed by atoms with van der Waals surface area (Å²) in [5.41, 5.74) is 11.5. The van der Waals surface area contributed by atoms with E-state index in [1.54, 1.807) is 5.56 Å². The van der Waals surface area contributed by atoms with E-state index in [2.05, 4.69) is 121 Å². The summed E-state index contributed by atoms with van der Waals surface area (Å²) in [6.07, 6.45) is 7.81. The zero-order valence-corrected chi connectivity index (χ0v) is 21.7. The van der Waals surface area contributed by atoms with Crippen molar-refractivity contribution in [1.82, 2.24) is 0 Å². The first-order valence-corrected chi connectivity index (χ1v) is 12.9. The maximum absolute atomic E-state index is 2.36. The molecule has 2 aliphatic carbocycles. The van der Waals surface area contributed by atoms with Gasteiger partial charge in [-0.3, -0.25) is 0 Å². The predicted molar refractivity (Wildman–Crippen MR) is 132 cm³/mol. The van der Waals surface area contributed by atoms with Crippen molar-refractivity contribution in [2.75, 3.05) is 0 Å². The van der Waals surface area contributed by atoms with Gasteiger partial charge >= 0.3 is 199 Å². The Kier molecular flexibility index (Phi) is 7.86. The molecule has 4 aromatic rings. The van der Waals surface area contributed by atoms with Crippen LogP contribution in [0.2, 0.25) is 0 Å². The predicted octanol–water partition coefficient (Wildman–Crippen LogP) is 1.46. The van der Waals surface area contributed by atoms with E-state index in [-0.39, 0.29) is 24.8 Å². The zero-order chi connectivity index (χ0) is 21.3. The molecule has 3 heteroatoms. The number of hydrogen-bond donors (Lipinski definition) is 0. The fourth-order valence-corrected chi connectivity index (χ4v) is 7.86. The molecule has 0 N–H and O–H groups in total. The molecule has 2 aliphatic rings. The first-order valence-electron chi connectivity index (χ1n) is 11.2. The fourth-order valence-electron chi connectivity index (χ4n) is 5.02. The Hall–Kier alpha value is -2.48. The average molecular weight is 514 g/mol. The van der Waals surface area contributed by atoms with Crippen molar-refractivity contribution in [2.24, 2.45) is 0 Å². The van der Waals surface area contributed by atoms with Crippen LogP contribution in [0.5, 0.6) is 0 Å². The number of fused-ring (bicyclic) bond motifs is 3. The monoisotopic (exact) mass is 513 g/mol. The second-order valence-electron chi connectivity index (χ2n) is 8.36. The molecule has 0 bridgehead atoms. The van der Waals surface area contributed by atoms with Crippen LogP contribution in [0.15, 0.2) is 121 Å². The van der Waals surface area contributed by atoms with Gasteiger partial charge in [-0.15, -0.1) is 0 Å². The summed E-state index contributed by atoms with van der Waals surface area (Å²) in [5.74, 6) is 0. The summed E-state index contributed by atoms with van der Waals surface area (Å²) in [6.45, 7) is 0. The van der Waals surface area contributed by atoms with Crippen LogP contribution in [-0.4, -0.2) is 3.81 Å². The van der Waals surface area contributed by atoms with E-state index in [1.807, 2.05) is 0 Å². The van der Waals surface area contributed by atoms with Crippen LogP contribution in [-0.2, 0) is 18.7 Å². The summed E-state index contributed by atoms with van der Waals surface area (Å²) < 4.78 is 2.00. The third kappa shape index (κ3) is 4.44. The molecule has 0 fully saturated rings. The Bertz CT molecular complexity index is 1340. The summed E-state index contributed by atoms with van der Waals surface area (Å²) in [6, 6.07) is 38.0. The van der Waals surface area contributed by atoms with Gasteiger partial charge in [0, 0.05) is 0 Å². The van der Waals surface area contributed by atoms with Crippen molar-refractivity contribution >= 4 is 9.38 Å². The topological polar surface area (TPSA) is 0 Å². The molecule has 0 amide bonds. The number of rotatable bonds is 4. The smallest absolute Gasteiger partial charge is 1.00 e. The van der Waals surface area contributed by atoms with Crippen LogP contribution >= 0.6 is 0 Å². The molecule has 1 atom stereocenters. The second-order valence-corrected chi connectivity index (χ2v) is 10.5. The molecule has 34 heavy (non-hydrogen) atoms. The molecule has 1 unspecified atom stereocenters. The third-order valence-electron chi connectivity index (χ3n) is 6.49. The molecule has 0 saturated heterocycles. The van der Waals surface area contributed by atoms with Crippen molar-refractivity contribution in [3.8, 4) is 11.1 Å². The van der Waals surface area contributed by atoms with Gasteiger partial charge in [-0.2, -0.15) is 0 Å². The van der Waals surface area contributed by atoms with Gasteiger partial charge in [0.2, 0.25) is 0 Å². The first-order chi connectivity index (χ1) is 15.9. The number of halogens is 2. The normalized spacial score (nSPS) is 14.7. The van der Waals surface area contributed by atoms with Crippen molar-refractivity contribution in [3.05, 3.63) is 149 Å². The SMILES string of the molecule is C1=CCC(c2cccc3c2[CH]([Ti+2]=[C](c2ccccc2)c2ccccc2)c2ccccc2-3)=C1.[Cl-].[Cl-]. The zero-order valence-electron chi connectivity index (χ0n) is 18.6. The minimum Gasteiger partial charge on any atom is -1.00 e. The van der Waals surface area contributed by atoms with Crippen LogP contribution in [0.25, 0.3) is 16.7 Å². The van der Waals surface area contributed by atoms with Gasteiger partial charge in [-0.05, 0) is 0 Å². The van der Waals surface area contributed by atoms with E-state index < -0.39 is 18.7 Å². The molecule has 0 aliphatic heterocycles. The van der Waals surface area contributed by atoms with Crippen LogP contribution in [0, 0.1) is 0 Å². The van der Waals surface area contributed by atoms with E-state index in [0.717, 1.165) is 6.42 Å². The van der Waals surface area contributed by atoms with Gasteiger partial charge in [0.05, 0.1) is 0 Å². The fraction of sp³-hybridized carbons (Fsp3) is 0.0645. The molecule has 0 radical (unpaired) electrons.